The first kappa shape index (κ1) is 23.0. The lowest BCUT2D eigenvalue weighted by molar-refractivity contribution is -0.387. The van der Waals surface area contributed by atoms with Crippen LogP contribution in [-0.4, -0.2) is 54.4 Å². The largest absolute Gasteiger partial charge is 0.501 e. The highest BCUT2D eigenvalue weighted by molar-refractivity contribution is 6.60. The smallest absolute Gasteiger partial charge is 0.374 e. The van der Waals surface area contributed by atoms with E-state index in [2.05, 4.69) is 13.8 Å². The summed E-state index contributed by atoms with van der Waals surface area (Å²) in [6, 6.07) is 0.745. The van der Waals surface area contributed by atoms with Gasteiger partial charge in [0, 0.05) is 39.1 Å². The molecule has 0 saturated heterocycles. The van der Waals surface area contributed by atoms with Crippen molar-refractivity contribution < 1.29 is 27.5 Å². The second-order valence-electron chi connectivity index (χ2n) is 5.42. The summed E-state index contributed by atoms with van der Waals surface area (Å²) < 4.78 is 35.2. The topological polar surface area (TPSA) is 55.4 Å². The number of rotatable bonds is 15. The molecule has 0 atom stereocenters. The van der Waals surface area contributed by atoms with Crippen LogP contribution in [0.4, 0.5) is 0 Å². The average molecular weight is 353 g/mol. The zero-order chi connectivity index (χ0) is 17.8. The minimum absolute atomic E-state index is 0.126. The Hall–Kier alpha value is -0.0231. The Bertz CT molecular complexity index is 265. The Kier molecular flexibility index (Phi) is 12.3. The zero-order valence-corrected chi connectivity index (χ0v) is 17.0. The summed E-state index contributed by atoms with van der Waals surface area (Å²) in [4.78, 5) is 0. The lowest BCUT2D eigenvalue weighted by atomic mass is 10.3. The summed E-state index contributed by atoms with van der Waals surface area (Å²) in [5, 5.41) is 0. The fraction of sp³-hybridized carbons (Fsp3) is 1.00. The number of hydrogen-bond donors (Lipinski definition) is 0. The van der Waals surface area contributed by atoms with Crippen LogP contribution in [0.5, 0.6) is 0 Å². The first-order valence-electron chi connectivity index (χ1n) is 8.76. The molecular weight excluding hydrogens is 316 g/mol. The van der Waals surface area contributed by atoms with Gasteiger partial charge in [0.1, 0.15) is 6.61 Å². The van der Waals surface area contributed by atoms with Crippen molar-refractivity contribution in [1.29, 1.82) is 0 Å². The maximum absolute atomic E-state index is 6.16. The highest BCUT2D eigenvalue weighted by Gasteiger charge is 2.45. The summed E-state index contributed by atoms with van der Waals surface area (Å²) in [5.74, 6) is -0.803. The van der Waals surface area contributed by atoms with E-state index in [1.807, 2.05) is 34.6 Å². The quantitative estimate of drug-likeness (QED) is 0.332. The molecule has 23 heavy (non-hydrogen) atoms. The van der Waals surface area contributed by atoms with Gasteiger partial charge in [-0.1, -0.05) is 13.8 Å². The molecule has 0 saturated carbocycles. The third kappa shape index (κ3) is 8.58. The lowest BCUT2D eigenvalue weighted by Crippen LogP contribution is -2.53. The summed E-state index contributed by atoms with van der Waals surface area (Å²) in [5.41, 5.74) is 0. The van der Waals surface area contributed by atoms with Gasteiger partial charge in [-0.25, -0.2) is 0 Å². The standard InChI is InChI=1S/C16H36O6Si/c1-8-17-16(18-9-2,19-10-3)14-22-23(20-11-4,21-12-5)13-15(6)7/h15H,8-14H2,1-7H3. The molecule has 6 nitrogen and oxygen atoms in total. The first-order valence-corrected chi connectivity index (χ1v) is 10.7. The van der Waals surface area contributed by atoms with Gasteiger partial charge in [-0.2, -0.15) is 0 Å². The fourth-order valence-corrected chi connectivity index (χ4v) is 5.23. The van der Waals surface area contributed by atoms with Gasteiger partial charge in [0.25, 0.3) is 0 Å². The van der Waals surface area contributed by atoms with E-state index in [-0.39, 0.29) is 6.61 Å². The van der Waals surface area contributed by atoms with Gasteiger partial charge in [-0.05, 0) is 40.5 Å². The molecule has 0 rings (SSSR count). The maximum atomic E-state index is 6.16. The Balaban J connectivity index is 5.17. The Morgan fingerprint density at radius 1 is 0.696 bits per heavy atom. The summed E-state index contributed by atoms with van der Waals surface area (Å²) in [6.07, 6.45) is 0. The maximum Gasteiger partial charge on any atom is 0.501 e. The second kappa shape index (κ2) is 12.4. The van der Waals surface area contributed by atoms with Crippen LogP contribution in [0.3, 0.4) is 0 Å². The van der Waals surface area contributed by atoms with Crippen LogP contribution in [0.1, 0.15) is 48.5 Å². The SMILES string of the molecule is CCOC(CO[Si](CC(C)C)(OCC)OCC)(OCC)OCC. The Labute approximate surface area is 143 Å². The molecule has 0 aliphatic heterocycles. The van der Waals surface area contributed by atoms with Crippen LogP contribution >= 0.6 is 0 Å². The van der Waals surface area contributed by atoms with Crippen molar-refractivity contribution in [3.05, 3.63) is 0 Å². The van der Waals surface area contributed by atoms with Crippen LogP contribution in [0.2, 0.25) is 6.04 Å². The molecule has 0 aliphatic carbocycles. The zero-order valence-electron chi connectivity index (χ0n) is 16.0. The predicted molar refractivity (Wildman–Crippen MR) is 92.2 cm³/mol. The summed E-state index contributed by atoms with van der Waals surface area (Å²) >= 11 is 0. The predicted octanol–water partition coefficient (Wildman–Crippen LogP) is 3.43. The minimum Gasteiger partial charge on any atom is -0.374 e. The molecular formula is C16H36O6Si. The summed E-state index contributed by atoms with van der Waals surface area (Å²) in [6.45, 7) is 16.5. The third-order valence-electron chi connectivity index (χ3n) is 2.95. The van der Waals surface area contributed by atoms with Crippen molar-refractivity contribution in [2.45, 2.75) is 60.5 Å². The van der Waals surface area contributed by atoms with Crippen LogP contribution in [0, 0.1) is 5.92 Å². The molecule has 7 heteroatoms. The van der Waals surface area contributed by atoms with Crippen molar-refractivity contribution in [2.75, 3.05) is 39.6 Å². The van der Waals surface area contributed by atoms with Gasteiger partial charge in [0.15, 0.2) is 0 Å². The molecule has 0 aromatic carbocycles. The van der Waals surface area contributed by atoms with Gasteiger partial charge in [0.05, 0.1) is 0 Å². The Morgan fingerprint density at radius 3 is 1.43 bits per heavy atom. The van der Waals surface area contributed by atoms with E-state index < -0.39 is 14.8 Å². The van der Waals surface area contributed by atoms with Gasteiger partial charge >= 0.3 is 14.8 Å². The van der Waals surface area contributed by atoms with E-state index in [1.165, 1.54) is 0 Å². The average Bonchev–Trinajstić information content (AvgIpc) is 2.46. The minimum atomic E-state index is -2.80. The van der Waals surface area contributed by atoms with Gasteiger partial charge in [0.2, 0.25) is 0 Å². The fourth-order valence-electron chi connectivity index (χ4n) is 2.35. The summed E-state index contributed by atoms with van der Waals surface area (Å²) in [7, 11) is -2.80. The van der Waals surface area contributed by atoms with E-state index in [9.17, 15) is 0 Å². The lowest BCUT2D eigenvalue weighted by Gasteiger charge is -2.36. The molecule has 0 aromatic heterocycles. The first-order chi connectivity index (χ1) is 10.9. The Morgan fingerprint density at radius 2 is 1.13 bits per heavy atom. The molecule has 0 unspecified atom stereocenters. The molecule has 0 aliphatic rings. The van der Waals surface area contributed by atoms with Gasteiger partial charge < -0.3 is 27.5 Å². The van der Waals surface area contributed by atoms with Crippen molar-refractivity contribution in [3.63, 3.8) is 0 Å². The third-order valence-corrected chi connectivity index (χ3v) is 6.31. The van der Waals surface area contributed by atoms with Crippen LogP contribution in [0.25, 0.3) is 0 Å². The van der Waals surface area contributed by atoms with E-state index in [0.29, 0.717) is 39.0 Å². The molecule has 0 bridgehead atoms. The molecule has 0 aromatic rings. The van der Waals surface area contributed by atoms with Crippen molar-refractivity contribution in [2.24, 2.45) is 5.92 Å². The van der Waals surface area contributed by atoms with E-state index in [4.69, 9.17) is 27.5 Å². The van der Waals surface area contributed by atoms with E-state index in [0.717, 1.165) is 6.04 Å². The number of ether oxygens (including phenoxy) is 3. The molecule has 140 valence electrons. The van der Waals surface area contributed by atoms with Crippen molar-refractivity contribution in [1.82, 2.24) is 0 Å². The van der Waals surface area contributed by atoms with E-state index in [1.54, 1.807) is 0 Å². The molecule has 0 heterocycles. The van der Waals surface area contributed by atoms with E-state index >= 15 is 0 Å². The van der Waals surface area contributed by atoms with Crippen LogP contribution < -0.4 is 0 Å². The second-order valence-corrected chi connectivity index (χ2v) is 8.06. The number of hydrogen-bond acceptors (Lipinski definition) is 6. The van der Waals surface area contributed by atoms with Crippen molar-refractivity contribution in [3.8, 4) is 0 Å². The molecule has 0 radical (unpaired) electrons. The monoisotopic (exact) mass is 352 g/mol. The molecule has 0 fully saturated rings. The molecule has 0 amide bonds. The molecule has 0 N–H and O–H groups in total. The highest BCUT2D eigenvalue weighted by Crippen LogP contribution is 2.25. The van der Waals surface area contributed by atoms with Gasteiger partial charge in [-0.3, -0.25) is 0 Å². The van der Waals surface area contributed by atoms with Crippen LogP contribution in [0.15, 0.2) is 0 Å². The molecule has 0 spiro atoms. The van der Waals surface area contributed by atoms with Crippen molar-refractivity contribution >= 4 is 8.80 Å². The van der Waals surface area contributed by atoms with Crippen LogP contribution in [-0.2, 0) is 27.5 Å². The highest BCUT2D eigenvalue weighted by atomic mass is 28.4. The van der Waals surface area contributed by atoms with Gasteiger partial charge in [-0.15, -0.1) is 0 Å². The normalized spacial score (nSPS) is 13.0.